The van der Waals surface area contributed by atoms with Gasteiger partial charge in [0.2, 0.25) is 0 Å². The number of rotatable bonds is 1. The Morgan fingerprint density at radius 1 is 0.657 bits per heavy atom. The molecule has 35 heavy (non-hydrogen) atoms. The first-order valence-corrected chi connectivity index (χ1v) is 12.8. The highest BCUT2D eigenvalue weighted by molar-refractivity contribution is 6.06. The Bertz CT molecular complexity index is 1530. The molecule has 0 bridgehead atoms. The van der Waals surface area contributed by atoms with Gasteiger partial charge in [0.05, 0.1) is 28.3 Å². The fraction of sp³-hybridized carbons (Fsp3) is 0.250. The summed E-state index contributed by atoms with van der Waals surface area (Å²) >= 11 is 0. The van der Waals surface area contributed by atoms with Gasteiger partial charge in [-0.1, -0.05) is 74.4 Å². The van der Waals surface area contributed by atoms with E-state index in [1.54, 1.807) is 0 Å². The van der Waals surface area contributed by atoms with Gasteiger partial charge in [-0.25, -0.2) is 0 Å². The molecule has 4 aliphatic rings. The summed E-state index contributed by atoms with van der Waals surface area (Å²) in [5.41, 5.74) is 10.3. The van der Waals surface area contributed by atoms with Gasteiger partial charge < -0.3 is 9.64 Å². The van der Waals surface area contributed by atoms with Gasteiger partial charge in [-0.05, 0) is 66.8 Å². The molecule has 3 aliphatic heterocycles. The van der Waals surface area contributed by atoms with E-state index < -0.39 is 0 Å². The summed E-state index contributed by atoms with van der Waals surface area (Å²) < 4.78 is 6.64. The first-order chi connectivity index (χ1) is 17.1. The van der Waals surface area contributed by atoms with E-state index in [-0.39, 0.29) is 11.0 Å². The number of para-hydroxylation sites is 2. The zero-order valence-corrected chi connectivity index (χ0v) is 20.2. The Hall–Kier alpha value is -3.72. The number of nitrogens with zero attached hydrogens (tertiary/aromatic N) is 2. The fourth-order valence-electron chi connectivity index (χ4n) is 7.38. The van der Waals surface area contributed by atoms with Crippen LogP contribution in [0.25, 0.3) is 11.1 Å². The summed E-state index contributed by atoms with van der Waals surface area (Å²) in [6.07, 6.45) is 5.03. The van der Waals surface area contributed by atoms with Gasteiger partial charge in [-0.15, -0.1) is 0 Å². The van der Waals surface area contributed by atoms with Crippen LogP contribution in [0.3, 0.4) is 0 Å². The smallest absolute Gasteiger partial charge is 0.153 e. The van der Waals surface area contributed by atoms with Crippen LogP contribution >= 0.6 is 0 Å². The van der Waals surface area contributed by atoms with Crippen molar-refractivity contribution in [2.75, 3.05) is 9.80 Å². The summed E-state index contributed by atoms with van der Waals surface area (Å²) in [4.78, 5) is 5.14. The third kappa shape index (κ3) is 2.27. The molecule has 3 heteroatoms. The number of anilines is 5. The first-order valence-electron chi connectivity index (χ1n) is 12.8. The van der Waals surface area contributed by atoms with Crippen LogP contribution in [0.5, 0.6) is 11.5 Å². The minimum Gasteiger partial charge on any atom is -0.453 e. The standard InChI is InChI=1S/C32H28N2O/c1-31-18-6-7-19-32(31,2)34-26-14-9-15-27-30(26)33(25-13-8-12-23(31)29(25)34)24-17-16-22(20-28(24)35-27)21-10-4-3-5-11-21/h3-5,8-17,20H,6-7,18-19H2,1-2H3. The maximum Gasteiger partial charge on any atom is 0.153 e. The largest absolute Gasteiger partial charge is 0.453 e. The van der Waals surface area contributed by atoms with E-state index in [1.807, 2.05) is 0 Å². The second kappa shape index (κ2) is 6.48. The molecule has 4 aromatic carbocycles. The van der Waals surface area contributed by atoms with Gasteiger partial charge in [0.15, 0.2) is 11.5 Å². The van der Waals surface area contributed by atoms with Gasteiger partial charge >= 0.3 is 0 Å². The molecule has 1 saturated carbocycles. The molecule has 0 radical (unpaired) electrons. The van der Waals surface area contributed by atoms with Crippen LogP contribution in [0.2, 0.25) is 0 Å². The number of fused-ring (bicyclic) bond motifs is 7. The van der Waals surface area contributed by atoms with Crippen LogP contribution in [0.4, 0.5) is 28.4 Å². The molecule has 2 atom stereocenters. The third-order valence-corrected chi connectivity index (χ3v) is 9.32. The molecule has 2 unspecified atom stereocenters. The Labute approximate surface area is 206 Å². The van der Waals surface area contributed by atoms with Crippen LogP contribution < -0.4 is 14.5 Å². The number of benzene rings is 4. The molecular formula is C32H28N2O. The molecule has 1 fully saturated rings. The lowest BCUT2D eigenvalue weighted by molar-refractivity contribution is 0.195. The highest BCUT2D eigenvalue weighted by Crippen LogP contribution is 2.69. The lowest BCUT2D eigenvalue weighted by atomic mass is 9.61. The summed E-state index contributed by atoms with van der Waals surface area (Å²) in [7, 11) is 0. The summed E-state index contributed by atoms with van der Waals surface area (Å²) in [6, 6.07) is 30.7. The average molecular weight is 457 g/mol. The van der Waals surface area contributed by atoms with E-state index in [1.165, 1.54) is 65.1 Å². The summed E-state index contributed by atoms with van der Waals surface area (Å²) in [6.45, 7) is 5.00. The molecule has 1 aliphatic carbocycles. The Morgan fingerprint density at radius 3 is 2.34 bits per heavy atom. The van der Waals surface area contributed by atoms with Gasteiger partial charge in [-0.3, -0.25) is 4.90 Å². The Morgan fingerprint density at radius 2 is 1.46 bits per heavy atom. The molecule has 172 valence electrons. The molecule has 0 spiro atoms. The van der Waals surface area contributed by atoms with Crippen molar-refractivity contribution in [3.05, 3.63) is 90.5 Å². The predicted molar refractivity (Wildman–Crippen MR) is 143 cm³/mol. The van der Waals surface area contributed by atoms with Gasteiger partial charge in [-0.2, -0.15) is 0 Å². The number of hydrogen-bond acceptors (Lipinski definition) is 3. The molecule has 8 rings (SSSR count). The van der Waals surface area contributed by atoms with Crippen molar-refractivity contribution in [2.24, 2.45) is 0 Å². The van der Waals surface area contributed by atoms with Crippen molar-refractivity contribution in [3.63, 3.8) is 0 Å². The molecule has 0 aromatic heterocycles. The van der Waals surface area contributed by atoms with Crippen LogP contribution in [-0.2, 0) is 5.41 Å². The van der Waals surface area contributed by atoms with Crippen LogP contribution in [0.1, 0.15) is 45.1 Å². The highest BCUT2D eigenvalue weighted by atomic mass is 16.5. The second-order valence-corrected chi connectivity index (χ2v) is 10.9. The van der Waals surface area contributed by atoms with E-state index in [4.69, 9.17) is 4.74 Å². The molecule has 0 saturated heterocycles. The highest BCUT2D eigenvalue weighted by Gasteiger charge is 2.60. The molecular weight excluding hydrogens is 428 g/mol. The minimum absolute atomic E-state index is 0.0579. The van der Waals surface area contributed by atoms with E-state index in [0.29, 0.717) is 0 Å². The fourth-order valence-corrected chi connectivity index (χ4v) is 7.38. The zero-order valence-electron chi connectivity index (χ0n) is 20.2. The normalized spacial score (nSPS) is 24.7. The SMILES string of the molecule is CC12CCCCC1(C)N1c3cccc4c3N(c3ccc(-c5ccccc5)cc3O4)c3cccc2c31. The Kier molecular flexibility index (Phi) is 3.63. The predicted octanol–water partition coefficient (Wildman–Crippen LogP) is 8.98. The van der Waals surface area contributed by atoms with Crippen LogP contribution in [0.15, 0.2) is 84.9 Å². The Balaban J connectivity index is 1.40. The number of hydrogen-bond donors (Lipinski definition) is 0. The summed E-state index contributed by atoms with van der Waals surface area (Å²) in [5, 5.41) is 0. The van der Waals surface area contributed by atoms with Gasteiger partial charge in [0, 0.05) is 5.41 Å². The van der Waals surface area contributed by atoms with Crippen molar-refractivity contribution in [3.8, 4) is 22.6 Å². The molecule has 0 N–H and O–H groups in total. The monoisotopic (exact) mass is 456 g/mol. The van der Waals surface area contributed by atoms with Crippen LogP contribution in [0, 0.1) is 0 Å². The maximum atomic E-state index is 6.64. The number of ether oxygens (including phenoxy) is 1. The van der Waals surface area contributed by atoms with E-state index in [2.05, 4.69) is 109 Å². The molecule has 3 nitrogen and oxygen atoms in total. The first kappa shape index (κ1) is 19.6. The molecule has 4 aromatic rings. The third-order valence-electron chi connectivity index (χ3n) is 9.32. The van der Waals surface area contributed by atoms with E-state index >= 15 is 0 Å². The lowest BCUT2D eigenvalue weighted by Crippen LogP contribution is -2.55. The average Bonchev–Trinajstić information content (AvgIpc) is 3.11. The van der Waals surface area contributed by atoms with E-state index in [9.17, 15) is 0 Å². The second-order valence-electron chi connectivity index (χ2n) is 10.9. The topological polar surface area (TPSA) is 15.7 Å². The van der Waals surface area contributed by atoms with Crippen molar-refractivity contribution >= 4 is 28.4 Å². The zero-order chi connectivity index (χ0) is 23.4. The molecule has 0 amide bonds. The van der Waals surface area contributed by atoms with Crippen LogP contribution in [-0.4, -0.2) is 5.54 Å². The quantitative estimate of drug-likeness (QED) is 0.250. The van der Waals surface area contributed by atoms with Gasteiger partial charge in [0.25, 0.3) is 0 Å². The minimum atomic E-state index is 0.0579. The summed E-state index contributed by atoms with van der Waals surface area (Å²) in [5.74, 6) is 1.85. The molecule has 3 heterocycles. The lowest BCUT2D eigenvalue weighted by Gasteiger charge is -2.52. The maximum absolute atomic E-state index is 6.64. The van der Waals surface area contributed by atoms with Gasteiger partial charge in [0.1, 0.15) is 5.69 Å². The van der Waals surface area contributed by atoms with Crippen molar-refractivity contribution in [1.82, 2.24) is 0 Å². The van der Waals surface area contributed by atoms with Crippen molar-refractivity contribution in [2.45, 2.75) is 50.5 Å². The van der Waals surface area contributed by atoms with E-state index in [0.717, 1.165) is 17.2 Å². The van der Waals surface area contributed by atoms with Crippen molar-refractivity contribution in [1.29, 1.82) is 0 Å². The van der Waals surface area contributed by atoms with Crippen molar-refractivity contribution < 1.29 is 4.74 Å².